The Hall–Kier alpha value is -0.950. The summed E-state index contributed by atoms with van der Waals surface area (Å²) in [5.74, 6) is 0.627. The van der Waals surface area contributed by atoms with Crippen LogP contribution in [0.2, 0.25) is 0 Å². The number of fused-ring (bicyclic) bond motifs is 3. The Bertz CT molecular complexity index is 515. The molecule has 0 N–H and O–H groups in total. The maximum absolute atomic E-state index is 2.31. The van der Waals surface area contributed by atoms with Crippen molar-refractivity contribution in [3.63, 3.8) is 0 Å². The molecule has 1 heteroatoms. The summed E-state index contributed by atoms with van der Waals surface area (Å²) in [5.41, 5.74) is 3.27. The van der Waals surface area contributed by atoms with Crippen molar-refractivity contribution in [3.05, 3.63) is 52.5 Å². The lowest BCUT2D eigenvalue weighted by Gasteiger charge is -2.22. The van der Waals surface area contributed by atoms with Crippen LogP contribution in [0.4, 0.5) is 0 Å². The summed E-state index contributed by atoms with van der Waals surface area (Å²) in [6.45, 7) is 6.91. The summed E-state index contributed by atoms with van der Waals surface area (Å²) in [7, 11) is 0. The van der Waals surface area contributed by atoms with Gasteiger partial charge in [-0.25, -0.2) is 0 Å². The Morgan fingerprint density at radius 3 is 2.82 bits per heavy atom. The highest BCUT2D eigenvalue weighted by Gasteiger charge is 2.32. The van der Waals surface area contributed by atoms with Gasteiger partial charge >= 0.3 is 0 Å². The summed E-state index contributed by atoms with van der Waals surface area (Å²) >= 11 is 1.98. The lowest BCUT2D eigenvalue weighted by atomic mass is 9.83. The highest BCUT2D eigenvalue weighted by Crippen LogP contribution is 2.54. The number of hydrogen-bond donors (Lipinski definition) is 0. The number of allylic oxidation sites excluding steroid dienone is 4. The number of thioether (sulfide) groups is 1. The summed E-state index contributed by atoms with van der Waals surface area (Å²) in [6.07, 6.45) is 7.93. The van der Waals surface area contributed by atoms with Crippen LogP contribution in [0.3, 0.4) is 0 Å². The molecule has 1 atom stereocenters. The number of benzene rings is 1. The maximum atomic E-state index is 2.31. The Labute approximate surface area is 108 Å². The van der Waals surface area contributed by atoms with Crippen LogP contribution >= 0.6 is 11.8 Å². The van der Waals surface area contributed by atoms with Gasteiger partial charge in [0.2, 0.25) is 0 Å². The first-order valence-electron chi connectivity index (χ1n) is 6.25. The highest BCUT2D eigenvalue weighted by atomic mass is 32.2. The van der Waals surface area contributed by atoms with Crippen LogP contribution in [0.5, 0.6) is 0 Å². The quantitative estimate of drug-likeness (QED) is 0.615. The number of rotatable bonds is 0. The molecule has 1 aliphatic carbocycles. The van der Waals surface area contributed by atoms with E-state index >= 15 is 0 Å². The molecule has 3 rings (SSSR count). The van der Waals surface area contributed by atoms with Gasteiger partial charge in [0.1, 0.15) is 0 Å². The zero-order chi connectivity index (χ0) is 12.0. The molecule has 17 heavy (non-hydrogen) atoms. The zero-order valence-electron chi connectivity index (χ0n) is 10.7. The number of hydrogen-bond acceptors (Lipinski definition) is 1. The molecule has 0 saturated heterocycles. The van der Waals surface area contributed by atoms with E-state index in [1.807, 2.05) is 11.8 Å². The summed E-state index contributed by atoms with van der Waals surface area (Å²) in [5, 5.41) is 0. The van der Waals surface area contributed by atoms with Gasteiger partial charge in [-0.3, -0.25) is 0 Å². The van der Waals surface area contributed by atoms with Crippen molar-refractivity contribution in [1.82, 2.24) is 0 Å². The van der Waals surface area contributed by atoms with E-state index in [1.165, 1.54) is 27.3 Å². The minimum absolute atomic E-state index is 0.236. The normalized spacial score (nSPS) is 22.1. The average molecular weight is 242 g/mol. The second-order valence-corrected chi connectivity index (χ2v) is 6.95. The van der Waals surface area contributed by atoms with Crippen LogP contribution in [-0.2, 0) is 5.41 Å². The molecule has 88 valence electrons. The van der Waals surface area contributed by atoms with Crippen molar-refractivity contribution in [2.75, 3.05) is 0 Å². The molecule has 1 aromatic rings. The van der Waals surface area contributed by atoms with Gasteiger partial charge in [-0.15, -0.1) is 0 Å². The van der Waals surface area contributed by atoms with Crippen LogP contribution in [0.1, 0.15) is 44.2 Å². The van der Waals surface area contributed by atoms with Gasteiger partial charge < -0.3 is 0 Å². The molecule has 0 fully saturated rings. The second-order valence-electron chi connectivity index (χ2n) is 5.86. The van der Waals surface area contributed by atoms with Crippen molar-refractivity contribution in [2.45, 2.75) is 43.4 Å². The largest absolute Gasteiger partial charge is 0.0933 e. The van der Waals surface area contributed by atoms with Crippen LogP contribution in [0, 0.1) is 0 Å². The van der Waals surface area contributed by atoms with Crippen molar-refractivity contribution >= 4 is 11.8 Å². The lowest BCUT2D eigenvalue weighted by Crippen LogP contribution is -2.12. The second kappa shape index (κ2) is 3.78. The third kappa shape index (κ3) is 1.77. The van der Waals surface area contributed by atoms with Gasteiger partial charge in [0, 0.05) is 10.8 Å². The van der Waals surface area contributed by atoms with Gasteiger partial charge in [0.25, 0.3) is 0 Å². The Kier molecular flexibility index (Phi) is 2.48. The van der Waals surface area contributed by atoms with E-state index in [1.54, 1.807) is 0 Å². The molecule has 1 aliphatic heterocycles. The van der Waals surface area contributed by atoms with Crippen LogP contribution in [0.25, 0.3) is 0 Å². The van der Waals surface area contributed by atoms with Crippen molar-refractivity contribution in [1.29, 1.82) is 0 Å². The topological polar surface area (TPSA) is 0 Å². The summed E-state index contributed by atoms with van der Waals surface area (Å²) < 4.78 is 0. The molecule has 0 radical (unpaired) electrons. The Balaban J connectivity index is 2.14. The molecular formula is C16H18S. The Morgan fingerprint density at radius 1 is 1.24 bits per heavy atom. The molecular weight excluding hydrogens is 224 g/mol. The summed E-state index contributed by atoms with van der Waals surface area (Å²) in [6, 6.07) is 6.82. The Morgan fingerprint density at radius 2 is 2.06 bits per heavy atom. The lowest BCUT2D eigenvalue weighted by molar-refractivity contribution is 0.575. The van der Waals surface area contributed by atoms with Gasteiger partial charge in [-0.05, 0) is 27.9 Å². The van der Waals surface area contributed by atoms with Crippen LogP contribution in [0.15, 0.2) is 46.2 Å². The van der Waals surface area contributed by atoms with Crippen molar-refractivity contribution in [2.24, 2.45) is 0 Å². The molecule has 0 saturated carbocycles. The third-order valence-corrected chi connectivity index (χ3v) is 4.88. The smallest absolute Gasteiger partial charge is 0.0199 e. The minimum Gasteiger partial charge on any atom is -0.0933 e. The fourth-order valence-electron chi connectivity index (χ4n) is 2.65. The SMILES string of the molecule is CC(C)(C)c1cccc2c1SC1=CC=CCC12. The fraction of sp³-hybridized carbons (Fsp3) is 0.375. The van der Waals surface area contributed by atoms with Crippen molar-refractivity contribution in [3.8, 4) is 0 Å². The zero-order valence-corrected chi connectivity index (χ0v) is 11.5. The highest BCUT2D eigenvalue weighted by molar-refractivity contribution is 8.03. The monoisotopic (exact) mass is 242 g/mol. The third-order valence-electron chi connectivity index (χ3n) is 3.56. The molecule has 0 spiro atoms. The van der Waals surface area contributed by atoms with E-state index in [4.69, 9.17) is 0 Å². The molecule has 0 aromatic heterocycles. The maximum Gasteiger partial charge on any atom is 0.0199 e. The van der Waals surface area contributed by atoms with Gasteiger partial charge in [0.15, 0.2) is 0 Å². The minimum atomic E-state index is 0.236. The van der Waals surface area contributed by atoms with E-state index in [0.717, 1.165) is 0 Å². The molecule has 1 aromatic carbocycles. The predicted molar refractivity (Wildman–Crippen MR) is 75.6 cm³/mol. The van der Waals surface area contributed by atoms with Gasteiger partial charge in [-0.1, -0.05) is 69.0 Å². The van der Waals surface area contributed by atoms with Gasteiger partial charge in [0.05, 0.1) is 0 Å². The summed E-state index contributed by atoms with van der Waals surface area (Å²) in [4.78, 5) is 3.04. The molecule has 1 unspecified atom stereocenters. The molecule has 1 heterocycles. The first kappa shape index (κ1) is 11.2. The molecule has 2 aliphatic rings. The average Bonchev–Trinajstić information content (AvgIpc) is 2.65. The predicted octanol–water partition coefficient (Wildman–Crippen LogP) is 5.02. The van der Waals surface area contributed by atoms with E-state index < -0.39 is 0 Å². The molecule has 0 amide bonds. The first-order valence-corrected chi connectivity index (χ1v) is 7.07. The van der Waals surface area contributed by atoms with E-state index in [2.05, 4.69) is 57.2 Å². The standard InChI is InChI=1S/C16H18S/c1-16(2,3)13-9-6-8-12-11-7-4-5-10-14(11)17-15(12)13/h4-6,8-11H,7H2,1-3H3. The van der Waals surface area contributed by atoms with E-state index in [-0.39, 0.29) is 5.41 Å². The van der Waals surface area contributed by atoms with E-state index in [0.29, 0.717) is 5.92 Å². The molecule has 0 nitrogen and oxygen atoms in total. The van der Waals surface area contributed by atoms with Gasteiger partial charge in [-0.2, -0.15) is 0 Å². The first-order chi connectivity index (χ1) is 8.07. The van der Waals surface area contributed by atoms with Crippen molar-refractivity contribution < 1.29 is 0 Å². The van der Waals surface area contributed by atoms with Crippen LogP contribution < -0.4 is 0 Å². The van der Waals surface area contributed by atoms with Crippen LogP contribution in [-0.4, -0.2) is 0 Å². The molecule has 0 bridgehead atoms. The van der Waals surface area contributed by atoms with E-state index in [9.17, 15) is 0 Å². The fourth-order valence-corrected chi connectivity index (χ4v) is 4.21.